The largest absolute Gasteiger partial charge is 0.404 e. The maximum Gasteiger partial charge on any atom is 0.261 e. The number of allylic oxidation sites excluding steroid dienone is 1. The van der Waals surface area contributed by atoms with Crippen molar-refractivity contribution in [3.05, 3.63) is 133 Å². The van der Waals surface area contributed by atoms with Gasteiger partial charge in [0.05, 0.1) is 38.1 Å². The summed E-state index contributed by atoms with van der Waals surface area (Å²) in [6.45, 7) is 28.9. The van der Waals surface area contributed by atoms with Gasteiger partial charge in [0.2, 0.25) is 0 Å². The third-order valence-electron chi connectivity index (χ3n) is 13.8. The van der Waals surface area contributed by atoms with Crippen molar-refractivity contribution < 1.29 is 37.6 Å². The summed E-state index contributed by atoms with van der Waals surface area (Å²) < 4.78 is 31.9. The van der Waals surface area contributed by atoms with Gasteiger partial charge < -0.3 is 23.1 Å². The Morgan fingerprint density at radius 2 is 1.06 bits per heavy atom. The normalized spacial score (nSPS) is 22.5. The summed E-state index contributed by atoms with van der Waals surface area (Å²) in [4.78, 5) is 21.8. The van der Waals surface area contributed by atoms with Gasteiger partial charge in [-0.25, -0.2) is 9.78 Å². The lowest BCUT2D eigenvalue weighted by Gasteiger charge is -2.52. The molecule has 1 unspecified atom stereocenters. The van der Waals surface area contributed by atoms with Crippen molar-refractivity contribution in [2.45, 2.75) is 162 Å². The quantitative estimate of drug-likeness (QED) is 0.0836. The van der Waals surface area contributed by atoms with E-state index in [0.29, 0.717) is 19.6 Å². The Morgan fingerprint density at radius 1 is 0.612 bits per heavy atom. The molecule has 4 aromatic carbocycles. The van der Waals surface area contributed by atoms with E-state index in [9.17, 15) is 4.79 Å². The van der Waals surface area contributed by atoms with E-state index in [0.717, 1.165) is 38.7 Å². The first-order valence-corrected chi connectivity index (χ1v) is 28.5. The van der Waals surface area contributed by atoms with E-state index in [1.165, 1.54) is 20.7 Å². The summed E-state index contributed by atoms with van der Waals surface area (Å²) in [7, 11) is -5.17. The Morgan fingerprint density at radius 3 is 1.43 bits per heavy atom. The van der Waals surface area contributed by atoms with Crippen LogP contribution in [0.1, 0.15) is 122 Å². The predicted octanol–water partition coefficient (Wildman–Crippen LogP) is 10.9. The third-order valence-corrected chi connectivity index (χ3v) is 23.8. The Bertz CT molecular complexity index is 2070. The standard InChI is InChI=1S/C26H36O3Si.C24H30O2Si.C7H14O3/c1-24(2,3)30(21-12-8-6-9-13-21,22-14-10-7-11-15-22)29-23-16-17-26(20-25(23,4)5)27-18-19-28-26;1-23(2,3)27(20-12-8-6-9-13-20,21-14-10-7-11-15-21)26-22-17-16-19(25)18-24(22,4)5;1-6(2)9-10-7-4-3-5-8-7/h6-15,23H,16-20H2,1-5H3;6-17,22H,18H2,1-5H3;6-7H,3-5H2,1-2H3/t23-;22-;/m11./s1. The van der Waals surface area contributed by atoms with Crippen LogP contribution in [-0.2, 0) is 37.6 Å². The van der Waals surface area contributed by atoms with Crippen molar-refractivity contribution in [2.24, 2.45) is 10.8 Å². The number of hydrogen-bond donors (Lipinski definition) is 0. The van der Waals surface area contributed by atoms with Crippen LogP contribution in [0.2, 0.25) is 10.1 Å². The van der Waals surface area contributed by atoms with Crippen LogP contribution in [0.4, 0.5) is 0 Å². The molecule has 0 bridgehead atoms. The van der Waals surface area contributed by atoms with Crippen molar-refractivity contribution in [3.63, 3.8) is 0 Å². The molecule has 2 aliphatic heterocycles. The number of rotatable bonds is 11. The number of carbonyl (C=O) groups is 1. The van der Waals surface area contributed by atoms with Crippen molar-refractivity contribution >= 4 is 43.2 Å². The zero-order chi connectivity index (χ0) is 48.6. The highest BCUT2D eigenvalue weighted by molar-refractivity contribution is 7.00. The molecule has 10 heteroatoms. The van der Waals surface area contributed by atoms with Gasteiger partial charge in [0.25, 0.3) is 16.6 Å². The number of benzene rings is 4. The molecule has 1 spiro atoms. The SMILES string of the molecule is CC(C)OOC1CCCO1.CC1(C)CC(=O)C=C[C@H]1O[Si](c1ccccc1)(c1ccccc1)C(C)(C)C.CC1(C)CC2(CC[C@H]1O[Si](c1ccccc1)(c1ccccc1)C(C)(C)C)OCCO2. The molecule has 2 heterocycles. The molecule has 0 N–H and O–H groups in total. The Balaban J connectivity index is 0.000000184. The molecule has 8 rings (SSSR count). The molecule has 3 atom stereocenters. The highest BCUT2D eigenvalue weighted by atomic mass is 28.4. The minimum Gasteiger partial charge on any atom is -0.404 e. The van der Waals surface area contributed by atoms with Gasteiger partial charge in [0.15, 0.2) is 17.9 Å². The topological polar surface area (TPSA) is 81.7 Å². The molecular formula is C57H80O8Si2. The van der Waals surface area contributed by atoms with E-state index in [-0.39, 0.29) is 51.3 Å². The van der Waals surface area contributed by atoms with Crippen molar-refractivity contribution in [1.82, 2.24) is 0 Å². The minimum absolute atomic E-state index is 0.0126. The number of ketones is 1. The molecule has 4 aromatic rings. The first kappa shape index (κ1) is 52.8. The average Bonchev–Trinajstić information content (AvgIpc) is 3.98. The van der Waals surface area contributed by atoms with Crippen LogP contribution in [0.25, 0.3) is 0 Å². The van der Waals surface area contributed by atoms with Crippen molar-refractivity contribution in [1.29, 1.82) is 0 Å². The van der Waals surface area contributed by atoms with Gasteiger partial charge in [-0.1, -0.05) is 197 Å². The summed E-state index contributed by atoms with van der Waals surface area (Å²) in [5, 5.41) is 5.14. The van der Waals surface area contributed by atoms with E-state index in [2.05, 4.69) is 191 Å². The van der Waals surface area contributed by atoms with E-state index in [4.69, 9.17) is 32.8 Å². The second kappa shape index (κ2) is 22.0. The first-order chi connectivity index (χ1) is 31.6. The monoisotopic (exact) mass is 949 g/mol. The summed E-state index contributed by atoms with van der Waals surface area (Å²) >= 11 is 0. The molecule has 2 saturated heterocycles. The van der Waals surface area contributed by atoms with Crippen LogP contribution in [0.3, 0.4) is 0 Å². The lowest BCUT2D eigenvalue weighted by Crippen LogP contribution is -2.69. The van der Waals surface area contributed by atoms with Gasteiger partial charge >= 0.3 is 0 Å². The molecule has 3 fully saturated rings. The number of ether oxygens (including phenoxy) is 3. The molecular weight excluding hydrogens is 869 g/mol. The third kappa shape index (κ3) is 12.4. The zero-order valence-electron chi connectivity index (χ0n) is 42.6. The molecule has 1 saturated carbocycles. The summed E-state index contributed by atoms with van der Waals surface area (Å²) in [6.07, 6.45) is 9.01. The fraction of sp³-hybridized carbons (Fsp3) is 0.526. The number of hydrogen-bond acceptors (Lipinski definition) is 8. The van der Waals surface area contributed by atoms with Gasteiger partial charge in [-0.15, -0.1) is 0 Å². The van der Waals surface area contributed by atoms with Crippen molar-refractivity contribution in [2.75, 3.05) is 19.8 Å². The maximum absolute atomic E-state index is 12.0. The summed E-state index contributed by atoms with van der Waals surface area (Å²) in [6, 6.07) is 43.2. The van der Waals surface area contributed by atoms with Crippen LogP contribution >= 0.6 is 0 Å². The lowest BCUT2D eigenvalue weighted by molar-refractivity contribution is -0.385. The Hall–Kier alpha value is -3.56. The van der Waals surface area contributed by atoms with E-state index in [1.807, 2.05) is 19.9 Å². The molecule has 364 valence electrons. The Kier molecular flexibility index (Phi) is 17.4. The van der Waals surface area contributed by atoms with Crippen LogP contribution in [0, 0.1) is 10.8 Å². The molecule has 0 radical (unpaired) electrons. The van der Waals surface area contributed by atoms with Crippen molar-refractivity contribution in [3.8, 4) is 0 Å². The van der Waals surface area contributed by atoms with E-state index < -0.39 is 22.4 Å². The molecule has 4 aliphatic rings. The second-order valence-corrected chi connectivity index (χ2v) is 31.0. The van der Waals surface area contributed by atoms with Gasteiger partial charge in [-0.3, -0.25) is 4.79 Å². The number of carbonyl (C=O) groups excluding carboxylic acids is 1. The first-order valence-electron chi connectivity index (χ1n) is 24.6. The summed E-state index contributed by atoms with van der Waals surface area (Å²) in [5.41, 5.74) is -0.255. The van der Waals surface area contributed by atoms with Crippen LogP contribution in [0.5, 0.6) is 0 Å². The van der Waals surface area contributed by atoms with E-state index in [1.54, 1.807) is 6.08 Å². The van der Waals surface area contributed by atoms with Gasteiger partial charge in [-0.05, 0) is 69.0 Å². The lowest BCUT2D eigenvalue weighted by atomic mass is 9.72. The molecule has 0 amide bonds. The van der Waals surface area contributed by atoms with Gasteiger partial charge in [0, 0.05) is 31.1 Å². The predicted molar refractivity (Wildman–Crippen MR) is 276 cm³/mol. The van der Waals surface area contributed by atoms with Gasteiger partial charge in [0.1, 0.15) is 0 Å². The highest BCUT2D eigenvalue weighted by Crippen LogP contribution is 2.49. The molecule has 67 heavy (non-hydrogen) atoms. The smallest absolute Gasteiger partial charge is 0.261 e. The highest BCUT2D eigenvalue weighted by Gasteiger charge is 2.57. The molecule has 0 aromatic heterocycles. The zero-order valence-corrected chi connectivity index (χ0v) is 44.6. The van der Waals surface area contributed by atoms with Crippen LogP contribution in [-0.4, -0.2) is 72.6 Å². The van der Waals surface area contributed by atoms with E-state index >= 15 is 0 Å². The minimum atomic E-state index is -2.61. The van der Waals surface area contributed by atoms with Crippen LogP contribution in [0.15, 0.2) is 133 Å². The fourth-order valence-corrected chi connectivity index (χ4v) is 20.1. The van der Waals surface area contributed by atoms with Gasteiger partial charge in [-0.2, -0.15) is 0 Å². The van der Waals surface area contributed by atoms with Crippen LogP contribution < -0.4 is 20.7 Å². The fourth-order valence-electron chi connectivity index (χ4n) is 10.4. The maximum atomic E-state index is 12.0. The summed E-state index contributed by atoms with van der Waals surface area (Å²) in [5.74, 6) is -0.225. The average molecular weight is 949 g/mol. The molecule has 2 aliphatic carbocycles. The second-order valence-electron chi connectivity index (χ2n) is 22.5. The molecule has 8 nitrogen and oxygen atoms in total. The Labute approximate surface area is 405 Å².